The van der Waals surface area contributed by atoms with Gasteiger partial charge in [0, 0.05) is 20.9 Å². The maximum atomic E-state index is 13.3. The van der Waals surface area contributed by atoms with Gasteiger partial charge < -0.3 is 4.98 Å². The van der Waals surface area contributed by atoms with E-state index in [1.54, 1.807) is 24.3 Å². The van der Waals surface area contributed by atoms with Crippen LogP contribution in [0.2, 0.25) is 10.0 Å². The summed E-state index contributed by atoms with van der Waals surface area (Å²) in [6.45, 7) is 0. The minimum absolute atomic E-state index is 0.127. The zero-order valence-corrected chi connectivity index (χ0v) is 20.7. The number of rotatable bonds is 6. The average Bonchev–Trinajstić information content (AvgIpc) is 2.89. The molecular weight excluding hydrogens is 489 g/mol. The summed E-state index contributed by atoms with van der Waals surface area (Å²) in [6.07, 6.45) is 3.61. The first-order valence-electron chi connectivity index (χ1n) is 11.4. The van der Waals surface area contributed by atoms with Gasteiger partial charge in [0.15, 0.2) is 5.78 Å². The molecule has 0 bridgehead atoms. The molecule has 5 aromatic rings. The number of carbonyl (C=O) groups excluding carboxylic acids is 1. The topological polar surface area (TPSA) is 49.9 Å². The number of hydrogen-bond donors (Lipinski definition) is 1. The van der Waals surface area contributed by atoms with Crippen molar-refractivity contribution < 1.29 is 4.79 Å². The summed E-state index contributed by atoms with van der Waals surface area (Å²) in [4.78, 5) is 29.2. The van der Waals surface area contributed by atoms with Crippen molar-refractivity contribution in [3.05, 3.63) is 146 Å². The predicted molar refractivity (Wildman–Crippen MR) is 149 cm³/mol. The summed E-state index contributed by atoms with van der Waals surface area (Å²) in [7, 11) is 0. The van der Waals surface area contributed by atoms with Gasteiger partial charge in [-0.25, -0.2) is 0 Å². The maximum Gasteiger partial charge on any atom is 0.259 e. The lowest BCUT2D eigenvalue weighted by atomic mass is 9.94. The van der Waals surface area contributed by atoms with Gasteiger partial charge in [-0.2, -0.15) is 0 Å². The van der Waals surface area contributed by atoms with Crippen LogP contribution in [0.15, 0.2) is 108 Å². The van der Waals surface area contributed by atoms with Gasteiger partial charge in [0.1, 0.15) is 0 Å². The number of allylic oxidation sites excluding steroid dienone is 1. The molecule has 5 heteroatoms. The third-order valence-corrected chi connectivity index (χ3v) is 6.56. The Labute approximate surface area is 218 Å². The Bertz CT molecular complexity index is 1640. The van der Waals surface area contributed by atoms with Gasteiger partial charge in [-0.1, -0.05) is 96.0 Å². The van der Waals surface area contributed by atoms with E-state index in [1.165, 1.54) is 6.08 Å². The molecule has 0 aliphatic carbocycles. The molecule has 0 spiro atoms. The number of benzene rings is 4. The monoisotopic (exact) mass is 509 g/mol. The Kier molecular flexibility index (Phi) is 6.86. The molecule has 1 N–H and O–H groups in total. The average molecular weight is 510 g/mol. The zero-order chi connectivity index (χ0) is 25.1. The van der Waals surface area contributed by atoms with E-state index in [0.29, 0.717) is 27.5 Å². The Morgan fingerprint density at radius 2 is 1.42 bits per heavy atom. The minimum Gasteiger partial charge on any atom is -0.321 e. The van der Waals surface area contributed by atoms with Gasteiger partial charge in [-0.15, -0.1) is 0 Å². The van der Waals surface area contributed by atoms with Gasteiger partial charge in [-0.05, 0) is 70.6 Å². The van der Waals surface area contributed by atoms with E-state index < -0.39 is 5.56 Å². The van der Waals surface area contributed by atoms with E-state index in [0.717, 1.165) is 27.6 Å². The van der Waals surface area contributed by atoms with Crippen LogP contribution in [-0.2, 0) is 6.42 Å². The van der Waals surface area contributed by atoms with Crippen molar-refractivity contribution in [1.82, 2.24) is 4.98 Å². The highest BCUT2D eigenvalue weighted by atomic mass is 35.5. The first-order chi connectivity index (χ1) is 17.5. The highest BCUT2D eigenvalue weighted by Gasteiger charge is 2.18. The molecule has 3 nitrogen and oxygen atoms in total. The fourth-order valence-corrected chi connectivity index (χ4v) is 4.56. The standard InChI is InChI=1S/C31H21Cl2NO2/c32-24-13-11-23(12-14-24)22-9-6-20(7-10-22)8-17-29(35)30-27(18-21-4-2-1-3-5-21)26-19-25(33)15-16-28(26)34-31(30)36/h1-17,19H,18H2,(H,34,36)/b17-8+. The molecule has 0 aliphatic heterocycles. The molecule has 0 amide bonds. The maximum absolute atomic E-state index is 13.3. The van der Waals surface area contributed by atoms with E-state index in [-0.39, 0.29) is 11.3 Å². The van der Waals surface area contributed by atoms with Crippen molar-refractivity contribution in [3.8, 4) is 11.1 Å². The smallest absolute Gasteiger partial charge is 0.259 e. The summed E-state index contributed by atoms with van der Waals surface area (Å²) in [5.41, 5.74) is 4.97. The molecule has 0 atom stereocenters. The normalized spacial score (nSPS) is 11.3. The fourth-order valence-electron chi connectivity index (χ4n) is 4.26. The number of aromatic nitrogens is 1. The van der Waals surface area contributed by atoms with Crippen molar-refractivity contribution in [2.45, 2.75) is 6.42 Å². The second-order valence-electron chi connectivity index (χ2n) is 8.49. The number of pyridine rings is 1. The molecular formula is C31H21Cl2NO2. The van der Waals surface area contributed by atoms with Crippen molar-refractivity contribution in [2.75, 3.05) is 0 Å². The van der Waals surface area contributed by atoms with Crippen LogP contribution in [0.4, 0.5) is 0 Å². The van der Waals surface area contributed by atoms with Crippen LogP contribution < -0.4 is 5.56 Å². The first kappa shape index (κ1) is 23.8. The number of ketones is 1. The van der Waals surface area contributed by atoms with Crippen LogP contribution in [0.1, 0.15) is 27.0 Å². The summed E-state index contributed by atoms with van der Waals surface area (Å²) in [6, 6.07) is 30.5. The number of nitrogens with one attached hydrogen (secondary N) is 1. The number of carbonyl (C=O) groups is 1. The number of aromatic amines is 1. The lowest BCUT2D eigenvalue weighted by Crippen LogP contribution is -2.20. The summed E-state index contributed by atoms with van der Waals surface area (Å²) < 4.78 is 0. The minimum atomic E-state index is -0.413. The van der Waals surface area contributed by atoms with E-state index in [9.17, 15) is 9.59 Å². The number of halogens is 2. The zero-order valence-electron chi connectivity index (χ0n) is 19.2. The van der Waals surface area contributed by atoms with Crippen LogP contribution in [0.5, 0.6) is 0 Å². The molecule has 176 valence electrons. The number of hydrogen-bond acceptors (Lipinski definition) is 2. The molecule has 0 saturated heterocycles. The molecule has 0 unspecified atom stereocenters. The van der Waals surface area contributed by atoms with Crippen LogP contribution in [0.25, 0.3) is 28.1 Å². The van der Waals surface area contributed by atoms with Crippen molar-refractivity contribution >= 4 is 46.0 Å². The molecule has 36 heavy (non-hydrogen) atoms. The fraction of sp³-hybridized carbons (Fsp3) is 0.0323. The number of H-pyrrole nitrogens is 1. The molecule has 1 aromatic heterocycles. The van der Waals surface area contributed by atoms with E-state index in [2.05, 4.69) is 4.98 Å². The highest BCUT2D eigenvalue weighted by molar-refractivity contribution is 6.31. The van der Waals surface area contributed by atoms with Crippen LogP contribution in [0.3, 0.4) is 0 Å². The lowest BCUT2D eigenvalue weighted by Gasteiger charge is -2.12. The summed E-state index contributed by atoms with van der Waals surface area (Å²) in [5, 5.41) is 1.99. The second kappa shape index (κ2) is 10.4. The quantitative estimate of drug-likeness (QED) is 0.186. The van der Waals surface area contributed by atoms with E-state index in [4.69, 9.17) is 23.2 Å². The SMILES string of the molecule is O=C(/C=C/c1ccc(-c2ccc(Cl)cc2)cc1)c1c(Cc2ccccc2)c2cc(Cl)ccc2[nH]c1=O. The summed E-state index contributed by atoms with van der Waals surface area (Å²) in [5.74, 6) is -0.356. The largest absolute Gasteiger partial charge is 0.321 e. The predicted octanol–water partition coefficient (Wildman–Crippen LogP) is 7.99. The third kappa shape index (κ3) is 5.18. The molecule has 0 radical (unpaired) electrons. The Morgan fingerprint density at radius 3 is 2.11 bits per heavy atom. The summed E-state index contributed by atoms with van der Waals surface area (Å²) >= 11 is 12.3. The molecule has 5 rings (SSSR count). The third-order valence-electron chi connectivity index (χ3n) is 6.07. The second-order valence-corrected chi connectivity index (χ2v) is 9.36. The van der Waals surface area contributed by atoms with Crippen molar-refractivity contribution in [2.24, 2.45) is 0 Å². The van der Waals surface area contributed by atoms with Crippen LogP contribution >= 0.6 is 23.2 Å². The Hall–Kier alpha value is -3.92. The first-order valence-corrected chi connectivity index (χ1v) is 12.2. The molecule has 4 aromatic carbocycles. The van der Waals surface area contributed by atoms with Crippen molar-refractivity contribution in [3.63, 3.8) is 0 Å². The van der Waals surface area contributed by atoms with Gasteiger partial charge in [-0.3, -0.25) is 9.59 Å². The highest BCUT2D eigenvalue weighted by Crippen LogP contribution is 2.26. The van der Waals surface area contributed by atoms with E-state index in [1.807, 2.05) is 78.9 Å². The Morgan fingerprint density at radius 1 is 0.778 bits per heavy atom. The van der Waals surface area contributed by atoms with Gasteiger partial charge in [0.2, 0.25) is 0 Å². The molecule has 0 aliphatic rings. The Balaban J connectivity index is 1.49. The van der Waals surface area contributed by atoms with E-state index >= 15 is 0 Å². The van der Waals surface area contributed by atoms with Crippen molar-refractivity contribution in [1.29, 1.82) is 0 Å². The van der Waals surface area contributed by atoms with Crippen LogP contribution in [0, 0.1) is 0 Å². The molecule has 0 saturated carbocycles. The van der Waals surface area contributed by atoms with Gasteiger partial charge >= 0.3 is 0 Å². The lowest BCUT2D eigenvalue weighted by molar-refractivity contribution is 0.104. The molecule has 1 heterocycles. The van der Waals surface area contributed by atoms with Crippen LogP contribution in [-0.4, -0.2) is 10.8 Å². The van der Waals surface area contributed by atoms with Gasteiger partial charge in [0.25, 0.3) is 5.56 Å². The van der Waals surface area contributed by atoms with Gasteiger partial charge in [0.05, 0.1) is 5.56 Å². The molecule has 0 fully saturated rings. The number of fused-ring (bicyclic) bond motifs is 1.